The summed E-state index contributed by atoms with van der Waals surface area (Å²) in [6, 6.07) is 11.3. The second-order valence-corrected chi connectivity index (χ2v) is 4.52. The van der Waals surface area contributed by atoms with Gasteiger partial charge in [-0.2, -0.15) is 0 Å². The second kappa shape index (κ2) is 6.74. The molecule has 0 spiro atoms. The normalized spacial score (nSPS) is 18.4. The Bertz CT molecular complexity index is 307. The number of rotatable bonds is 5. The van der Waals surface area contributed by atoms with Gasteiger partial charge in [0.1, 0.15) is 0 Å². The number of piperazine rings is 1. The van der Waals surface area contributed by atoms with Crippen LogP contribution in [0.3, 0.4) is 0 Å². The molecule has 93 valence electrons. The van der Waals surface area contributed by atoms with Crippen LogP contribution >= 0.6 is 0 Å². The monoisotopic (exact) mass is 233 g/mol. The fourth-order valence-corrected chi connectivity index (χ4v) is 2.18. The first-order valence-corrected chi connectivity index (χ1v) is 6.27. The third-order valence-electron chi connectivity index (χ3n) is 3.27. The van der Waals surface area contributed by atoms with Crippen molar-refractivity contribution in [2.45, 2.75) is 6.54 Å². The van der Waals surface area contributed by atoms with Gasteiger partial charge in [-0.1, -0.05) is 24.3 Å². The summed E-state index contributed by atoms with van der Waals surface area (Å²) in [4.78, 5) is 4.98. The minimum Gasteiger partial charge on any atom is -0.383 e. The minimum absolute atomic E-state index is 0.842. The van der Waals surface area contributed by atoms with Gasteiger partial charge in [0.2, 0.25) is 0 Å². The molecule has 1 aromatic rings. The lowest BCUT2D eigenvalue weighted by atomic mass is 10.2. The predicted octanol–water partition coefficient (Wildman–Crippen LogP) is 1.25. The van der Waals surface area contributed by atoms with Crippen molar-refractivity contribution < 1.29 is 4.74 Å². The van der Waals surface area contributed by atoms with Crippen LogP contribution in [0.15, 0.2) is 24.3 Å². The average Bonchev–Trinajstić information content (AvgIpc) is 2.39. The summed E-state index contributed by atoms with van der Waals surface area (Å²) in [5, 5.41) is 0. The van der Waals surface area contributed by atoms with Gasteiger partial charge in [0, 0.05) is 46.4 Å². The molecular formula is C14H21N2O. The number of hydrogen-bond donors (Lipinski definition) is 0. The fourth-order valence-electron chi connectivity index (χ4n) is 2.18. The molecular weight excluding hydrogens is 212 g/mol. The summed E-state index contributed by atoms with van der Waals surface area (Å²) in [6.07, 6.45) is 0. The van der Waals surface area contributed by atoms with E-state index >= 15 is 0 Å². The second-order valence-electron chi connectivity index (χ2n) is 4.52. The molecule has 0 unspecified atom stereocenters. The van der Waals surface area contributed by atoms with Crippen LogP contribution in [-0.4, -0.2) is 56.2 Å². The van der Waals surface area contributed by atoms with Gasteiger partial charge in [-0.3, -0.25) is 9.80 Å². The quantitative estimate of drug-likeness (QED) is 0.761. The largest absolute Gasteiger partial charge is 0.383 e. The highest BCUT2D eigenvalue weighted by Crippen LogP contribution is 2.07. The lowest BCUT2D eigenvalue weighted by Gasteiger charge is -2.34. The van der Waals surface area contributed by atoms with E-state index in [9.17, 15) is 0 Å². The first-order valence-electron chi connectivity index (χ1n) is 6.27. The predicted molar refractivity (Wildman–Crippen MR) is 68.9 cm³/mol. The van der Waals surface area contributed by atoms with Crippen LogP contribution in [-0.2, 0) is 11.3 Å². The zero-order chi connectivity index (χ0) is 11.9. The number of methoxy groups -OCH3 is 1. The SMILES string of the molecule is COCCN1CCN(Cc2cc[c]cc2)CC1. The van der Waals surface area contributed by atoms with Gasteiger partial charge in [0.15, 0.2) is 0 Å². The molecule has 1 aromatic carbocycles. The van der Waals surface area contributed by atoms with Gasteiger partial charge < -0.3 is 4.74 Å². The van der Waals surface area contributed by atoms with Gasteiger partial charge in [-0.15, -0.1) is 0 Å². The van der Waals surface area contributed by atoms with E-state index in [0.29, 0.717) is 0 Å². The molecule has 0 aromatic heterocycles. The molecule has 17 heavy (non-hydrogen) atoms. The van der Waals surface area contributed by atoms with Gasteiger partial charge in [-0.25, -0.2) is 0 Å². The van der Waals surface area contributed by atoms with Crippen LogP contribution < -0.4 is 0 Å². The number of hydrogen-bond acceptors (Lipinski definition) is 3. The van der Waals surface area contributed by atoms with Gasteiger partial charge in [0.05, 0.1) is 6.61 Å². The van der Waals surface area contributed by atoms with E-state index in [1.54, 1.807) is 7.11 Å². The standard InChI is InChI=1S/C14H21N2O/c1-17-12-11-15-7-9-16(10-8-15)13-14-5-3-2-4-6-14/h3-6H,7-13H2,1H3. The highest BCUT2D eigenvalue weighted by molar-refractivity contribution is 5.13. The number of benzene rings is 1. The molecule has 1 fully saturated rings. The maximum Gasteiger partial charge on any atom is 0.0589 e. The topological polar surface area (TPSA) is 15.7 Å². The molecule has 0 aliphatic carbocycles. The molecule has 0 bridgehead atoms. The van der Waals surface area contributed by atoms with E-state index in [0.717, 1.165) is 45.9 Å². The van der Waals surface area contributed by atoms with Gasteiger partial charge in [-0.05, 0) is 11.6 Å². The Morgan fingerprint density at radius 3 is 2.41 bits per heavy atom. The Hall–Kier alpha value is -0.900. The zero-order valence-electron chi connectivity index (χ0n) is 10.6. The third kappa shape index (κ3) is 4.11. The Kier molecular flexibility index (Phi) is 4.98. The Morgan fingerprint density at radius 2 is 1.76 bits per heavy atom. The van der Waals surface area contributed by atoms with Crippen molar-refractivity contribution in [1.82, 2.24) is 9.80 Å². The first-order chi connectivity index (χ1) is 8.38. The lowest BCUT2D eigenvalue weighted by molar-refractivity contribution is 0.0938. The molecule has 2 rings (SSSR count). The van der Waals surface area contributed by atoms with Crippen LogP contribution in [0.25, 0.3) is 0 Å². The molecule has 3 heteroatoms. The molecule has 1 aliphatic rings. The summed E-state index contributed by atoms with van der Waals surface area (Å²) >= 11 is 0. The molecule has 1 radical (unpaired) electrons. The lowest BCUT2D eigenvalue weighted by Crippen LogP contribution is -2.46. The summed E-state index contributed by atoms with van der Waals surface area (Å²) in [5.74, 6) is 0. The van der Waals surface area contributed by atoms with Crippen molar-refractivity contribution in [2.75, 3.05) is 46.4 Å². The van der Waals surface area contributed by atoms with Crippen LogP contribution in [0.2, 0.25) is 0 Å². The molecule has 0 N–H and O–H groups in total. The first kappa shape index (κ1) is 12.6. The van der Waals surface area contributed by atoms with Crippen molar-refractivity contribution >= 4 is 0 Å². The van der Waals surface area contributed by atoms with Crippen molar-refractivity contribution in [3.8, 4) is 0 Å². The molecule has 0 atom stereocenters. The van der Waals surface area contributed by atoms with Crippen LogP contribution in [0.5, 0.6) is 0 Å². The van der Waals surface area contributed by atoms with Crippen molar-refractivity contribution in [3.63, 3.8) is 0 Å². The van der Waals surface area contributed by atoms with E-state index in [4.69, 9.17) is 4.74 Å². The number of ether oxygens (including phenoxy) is 1. The Morgan fingerprint density at radius 1 is 1.12 bits per heavy atom. The van der Waals surface area contributed by atoms with E-state index in [1.807, 2.05) is 12.1 Å². The Balaban J connectivity index is 1.72. The van der Waals surface area contributed by atoms with Crippen molar-refractivity contribution in [3.05, 3.63) is 35.9 Å². The molecule has 1 saturated heterocycles. The van der Waals surface area contributed by atoms with Crippen LogP contribution in [0.4, 0.5) is 0 Å². The molecule has 1 aliphatic heterocycles. The third-order valence-corrected chi connectivity index (χ3v) is 3.27. The zero-order valence-corrected chi connectivity index (χ0v) is 10.6. The van der Waals surface area contributed by atoms with Crippen LogP contribution in [0.1, 0.15) is 5.56 Å². The fraction of sp³-hybridized carbons (Fsp3) is 0.571. The molecule has 0 saturated carbocycles. The van der Waals surface area contributed by atoms with Crippen molar-refractivity contribution in [1.29, 1.82) is 0 Å². The molecule has 3 nitrogen and oxygen atoms in total. The highest BCUT2D eigenvalue weighted by Gasteiger charge is 2.16. The summed E-state index contributed by atoms with van der Waals surface area (Å²) in [7, 11) is 1.77. The number of nitrogens with zero attached hydrogens (tertiary/aromatic N) is 2. The maximum atomic E-state index is 5.11. The van der Waals surface area contributed by atoms with Gasteiger partial charge >= 0.3 is 0 Å². The summed E-state index contributed by atoms with van der Waals surface area (Å²) in [5.41, 5.74) is 1.38. The van der Waals surface area contributed by atoms with Crippen LogP contribution in [0, 0.1) is 6.07 Å². The van der Waals surface area contributed by atoms with E-state index in [1.165, 1.54) is 5.56 Å². The minimum atomic E-state index is 0.842. The Labute approximate surface area is 104 Å². The van der Waals surface area contributed by atoms with E-state index in [2.05, 4.69) is 28.0 Å². The molecule has 0 amide bonds. The average molecular weight is 233 g/mol. The highest BCUT2D eigenvalue weighted by atomic mass is 16.5. The smallest absolute Gasteiger partial charge is 0.0589 e. The summed E-state index contributed by atoms with van der Waals surface area (Å²) in [6.45, 7) is 7.58. The van der Waals surface area contributed by atoms with E-state index < -0.39 is 0 Å². The van der Waals surface area contributed by atoms with E-state index in [-0.39, 0.29) is 0 Å². The van der Waals surface area contributed by atoms with Crippen molar-refractivity contribution in [2.24, 2.45) is 0 Å². The summed E-state index contributed by atoms with van der Waals surface area (Å²) < 4.78 is 5.11. The molecule has 1 heterocycles. The maximum absolute atomic E-state index is 5.11. The van der Waals surface area contributed by atoms with Gasteiger partial charge in [0.25, 0.3) is 0 Å².